The molecule has 3 N–H and O–H groups in total. The van der Waals surface area contributed by atoms with Gasteiger partial charge in [-0.3, -0.25) is 19.4 Å². The third kappa shape index (κ3) is 9.57. The van der Waals surface area contributed by atoms with Crippen molar-refractivity contribution in [1.29, 1.82) is 0 Å². The number of carbonyl (C=O) groups is 3. The van der Waals surface area contributed by atoms with Crippen molar-refractivity contribution in [2.75, 3.05) is 34.3 Å². The number of benzene rings is 1. The standard InChI is InChI=1S/C41H63N7O6/c1-11-26(6)36(47(9)41(51)35(25(4)5)45-39(50)34(42-8)24(2)3)33-21-32(40(46-52)54-33)48-20-14-17-31(48)37(53-10)27(7)38(49)44-19-18-29-23-43-22-28-15-12-13-16-30(28)29/h12-13,15-16,22-27,31,33-37,42H,11,14,17-21H2,1-10H3,(H,44,49)(H,45,50)/t26-,27+,31-,33+,34-,35-,36?,37+/m0/s1. The number of nitroso groups, excluding NO2 is 1. The van der Waals surface area contributed by atoms with E-state index >= 15 is 0 Å². The molecule has 1 unspecified atom stereocenters. The van der Waals surface area contributed by atoms with Gasteiger partial charge in [-0.2, -0.15) is 0 Å². The summed E-state index contributed by atoms with van der Waals surface area (Å²) < 4.78 is 12.4. The molecule has 1 fully saturated rings. The van der Waals surface area contributed by atoms with E-state index in [1.165, 1.54) is 0 Å². The molecule has 3 amide bonds. The van der Waals surface area contributed by atoms with E-state index < -0.39 is 36.3 Å². The highest BCUT2D eigenvalue weighted by Gasteiger charge is 2.46. The van der Waals surface area contributed by atoms with Gasteiger partial charge in [0.05, 0.1) is 35.8 Å². The Balaban J connectivity index is 1.48. The summed E-state index contributed by atoms with van der Waals surface area (Å²) in [5.74, 6) is -1.12. The zero-order valence-corrected chi connectivity index (χ0v) is 33.9. The molecule has 0 aliphatic carbocycles. The van der Waals surface area contributed by atoms with Crippen LogP contribution < -0.4 is 16.0 Å². The average Bonchev–Trinajstić information content (AvgIpc) is 3.81. The number of rotatable bonds is 19. The molecule has 2 aliphatic heterocycles. The lowest BCUT2D eigenvalue weighted by molar-refractivity contribution is -0.142. The normalized spacial score (nSPS) is 20.7. The van der Waals surface area contributed by atoms with Crippen LogP contribution in [0.4, 0.5) is 0 Å². The molecular weight excluding hydrogens is 686 g/mol. The van der Waals surface area contributed by atoms with Crippen LogP contribution in [0.25, 0.3) is 10.8 Å². The second-order valence-electron chi connectivity index (χ2n) is 15.7. The molecule has 13 heteroatoms. The van der Waals surface area contributed by atoms with Crippen molar-refractivity contribution in [2.45, 2.75) is 117 Å². The largest absolute Gasteiger partial charge is 0.468 e. The van der Waals surface area contributed by atoms with Gasteiger partial charge >= 0.3 is 0 Å². The van der Waals surface area contributed by atoms with E-state index in [0.717, 1.165) is 35.6 Å². The van der Waals surface area contributed by atoms with Gasteiger partial charge in [0.1, 0.15) is 12.1 Å². The fraction of sp³-hybridized carbons (Fsp3) is 0.659. The first-order chi connectivity index (χ1) is 25.8. The SMILES string of the molecule is CC[C@H](C)C([C@H]1CC(N2CCC[C@H]2[C@H](OC)[C@@H](C)C(=O)NCCc2cncc3ccccc23)=C(N=O)O1)N(C)C(=O)[C@@H](NC(=O)[C@@H](NC)C(C)C)C(C)C. The van der Waals surface area contributed by atoms with Crippen LogP contribution in [0.15, 0.2) is 53.4 Å². The number of nitrogens with zero attached hydrogens (tertiary/aromatic N) is 4. The van der Waals surface area contributed by atoms with Gasteiger partial charge in [0.15, 0.2) is 0 Å². The molecule has 0 spiro atoms. The van der Waals surface area contributed by atoms with E-state index in [-0.39, 0.29) is 47.4 Å². The number of nitrogens with one attached hydrogen (secondary N) is 3. The third-order valence-electron chi connectivity index (χ3n) is 11.5. The van der Waals surface area contributed by atoms with Crippen LogP contribution >= 0.6 is 0 Å². The minimum Gasteiger partial charge on any atom is -0.468 e. The van der Waals surface area contributed by atoms with Crippen molar-refractivity contribution in [3.63, 3.8) is 0 Å². The maximum Gasteiger partial charge on any atom is 0.275 e. The van der Waals surface area contributed by atoms with Crippen LogP contribution in [0.5, 0.6) is 0 Å². The number of fused-ring (bicyclic) bond motifs is 1. The number of amides is 3. The summed E-state index contributed by atoms with van der Waals surface area (Å²) in [5, 5.41) is 14.7. The molecule has 0 bridgehead atoms. The number of methoxy groups -OCH3 is 1. The number of hydrogen-bond donors (Lipinski definition) is 3. The quantitative estimate of drug-likeness (QED) is 0.169. The smallest absolute Gasteiger partial charge is 0.275 e. The van der Waals surface area contributed by atoms with Gasteiger partial charge in [0, 0.05) is 56.6 Å². The molecule has 1 aromatic carbocycles. The van der Waals surface area contributed by atoms with Gasteiger partial charge in [0.25, 0.3) is 5.88 Å². The van der Waals surface area contributed by atoms with Crippen molar-refractivity contribution in [3.05, 3.63) is 58.7 Å². The average molecular weight is 750 g/mol. The molecule has 298 valence electrons. The maximum absolute atomic E-state index is 14.2. The summed E-state index contributed by atoms with van der Waals surface area (Å²) in [4.78, 5) is 61.5. The fourth-order valence-corrected chi connectivity index (χ4v) is 8.34. The summed E-state index contributed by atoms with van der Waals surface area (Å²) in [7, 11) is 5.12. The number of pyridine rings is 1. The van der Waals surface area contributed by atoms with E-state index in [0.29, 0.717) is 31.6 Å². The molecule has 54 heavy (non-hydrogen) atoms. The summed E-state index contributed by atoms with van der Waals surface area (Å²) in [6.45, 7) is 14.9. The Morgan fingerprint density at radius 2 is 1.76 bits per heavy atom. The summed E-state index contributed by atoms with van der Waals surface area (Å²) in [6, 6.07) is 6.31. The molecule has 0 radical (unpaired) electrons. The van der Waals surface area contributed by atoms with Crippen molar-refractivity contribution < 1.29 is 23.9 Å². The monoisotopic (exact) mass is 749 g/mol. The number of carbonyl (C=O) groups excluding carboxylic acids is 3. The Hall–Kier alpha value is -4.10. The van der Waals surface area contributed by atoms with Crippen LogP contribution in [0.1, 0.15) is 79.7 Å². The first kappa shape index (κ1) is 42.6. The molecular formula is C41H63N7O6. The molecule has 13 nitrogen and oxygen atoms in total. The highest BCUT2D eigenvalue weighted by molar-refractivity contribution is 5.90. The lowest BCUT2D eigenvalue weighted by atomic mass is 9.89. The van der Waals surface area contributed by atoms with Crippen LogP contribution in [-0.2, 0) is 30.3 Å². The molecule has 0 saturated carbocycles. The Morgan fingerprint density at radius 3 is 2.39 bits per heavy atom. The summed E-state index contributed by atoms with van der Waals surface area (Å²) in [6.07, 6.45) is 6.09. The highest BCUT2D eigenvalue weighted by atomic mass is 16.5. The lowest BCUT2D eigenvalue weighted by Crippen LogP contribution is -2.59. The van der Waals surface area contributed by atoms with Crippen LogP contribution in [0, 0.1) is 28.6 Å². The lowest BCUT2D eigenvalue weighted by Gasteiger charge is -2.39. The molecule has 2 aromatic rings. The van der Waals surface area contributed by atoms with Gasteiger partial charge < -0.3 is 35.2 Å². The predicted molar refractivity (Wildman–Crippen MR) is 211 cm³/mol. The Labute approximate surface area is 321 Å². The summed E-state index contributed by atoms with van der Waals surface area (Å²) in [5.41, 5.74) is 1.75. The zero-order chi connectivity index (χ0) is 39.7. The van der Waals surface area contributed by atoms with E-state index in [1.807, 2.05) is 65.2 Å². The van der Waals surface area contributed by atoms with E-state index in [4.69, 9.17) is 9.47 Å². The van der Waals surface area contributed by atoms with Gasteiger partial charge in [0.2, 0.25) is 17.7 Å². The molecule has 1 saturated heterocycles. The Kier molecular flexibility index (Phi) is 15.4. The molecule has 8 atom stereocenters. The maximum atomic E-state index is 14.2. The third-order valence-corrected chi connectivity index (χ3v) is 11.5. The van der Waals surface area contributed by atoms with Crippen LogP contribution in [0.3, 0.4) is 0 Å². The van der Waals surface area contributed by atoms with Gasteiger partial charge in [-0.05, 0) is 55.0 Å². The second kappa shape index (κ2) is 19.5. The minimum absolute atomic E-state index is 0.00918. The summed E-state index contributed by atoms with van der Waals surface area (Å²) >= 11 is 0. The number of likely N-dealkylation sites (N-methyl/N-ethyl adjacent to an activating group) is 2. The van der Waals surface area contributed by atoms with Gasteiger partial charge in [-0.25, -0.2) is 0 Å². The number of likely N-dealkylation sites (tertiary alicyclic amines) is 1. The highest BCUT2D eigenvalue weighted by Crippen LogP contribution is 2.39. The van der Waals surface area contributed by atoms with E-state index in [1.54, 1.807) is 26.1 Å². The molecule has 2 aliphatic rings. The van der Waals surface area contributed by atoms with Crippen LogP contribution in [-0.4, -0.2) is 103 Å². The minimum atomic E-state index is -0.747. The predicted octanol–water partition coefficient (Wildman–Crippen LogP) is 4.99. The fourth-order valence-electron chi connectivity index (χ4n) is 8.34. The van der Waals surface area contributed by atoms with Gasteiger partial charge in [-0.15, -0.1) is 4.91 Å². The van der Waals surface area contributed by atoms with Crippen molar-refractivity contribution in [2.24, 2.45) is 28.8 Å². The Morgan fingerprint density at radius 1 is 1.06 bits per heavy atom. The van der Waals surface area contributed by atoms with Crippen molar-refractivity contribution in [1.82, 2.24) is 30.7 Å². The van der Waals surface area contributed by atoms with Crippen molar-refractivity contribution in [3.8, 4) is 0 Å². The zero-order valence-electron chi connectivity index (χ0n) is 33.9. The first-order valence-corrected chi connectivity index (χ1v) is 19.7. The first-order valence-electron chi connectivity index (χ1n) is 19.7. The van der Waals surface area contributed by atoms with E-state index in [9.17, 15) is 19.3 Å². The molecule has 1 aromatic heterocycles. The van der Waals surface area contributed by atoms with Crippen molar-refractivity contribution >= 4 is 28.5 Å². The number of ether oxygens (including phenoxy) is 2. The Bertz CT molecular complexity index is 1630. The second-order valence-corrected chi connectivity index (χ2v) is 15.7. The molecule has 4 rings (SSSR count). The number of aromatic nitrogens is 1. The number of hydrogen-bond acceptors (Lipinski definition) is 10. The topological polar surface area (TPSA) is 155 Å². The van der Waals surface area contributed by atoms with E-state index in [2.05, 4.69) is 50.9 Å². The van der Waals surface area contributed by atoms with Crippen LogP contribution in [0.2, 0.25) is 0 Å². The van der Waals surface area contributed by atoms with Gasteiger partial charge in [-0.1, -0.05) is 79.2 Å². The molecule has 3 heterocycles.